The zero-order chi connectivity index (χ0) is 20.2. The van der Waals surface area contributed by atoms with Crippen molar-refractivity contribution in [3.63, 3.8) is 0 Å². The first kappa shape index (κ1) is 19.2. The number of ether oxygens (including phenoxy) is 1. The van der Waals surface area contributed by atoms with Gasteiger partial charge >= 0.3 is 5.97 Å². The van der Waals surface area contributed by atoms with Crippen molar-refractivity contribution in [2.45, 2.75) is 12.6 Å². The first-order chi connectivity index (χ1) is 14.2. The van der Waals surface area contributed by atoms with Crippen LogP contribution in [0.4, 0.5) is 0 Å². The molecule has 0 spiro atoms. The highest BCUT2D eigenvalue weighted by Gasteiger charge is 2.43. The molecule has 0 radical (unpaired) electrons. The molecule has 2 aliphatic rings. The van der Waals surface area contributed by atoms with Crippen molar-refractivity contribution in [2.75, 3.05) is 33.3 Å². The number of guanidine groups is 1. The van der Waals surface area contributed by atoms with E-state index in [0.29, 0.717) is 11.7 Å². The highest BCUT2D eigenvalue weighted by molar-refractivity contribution is 6.08. The SMILES string of the molecule is COC(=O)[C@@H]1C(=O)NC(N2CCN(Cc3ccccc3)CC2)=N[C@H]1c1ccco1. The van der Waals surface area contributed by atoms with E-state index in [0.717, 1.165) is 32.7 Å². The number of amides is 1. The van der Waals surface area contributed by atoms with Crippen molar-refractivity contribution in [1.29, 1.82) is 0 Å². The average molecular weight is 396 g/mol. The molecule has 1 N–H and O–H groups in total. The van der Waals surface area contributed by atoms with Gasteiger partial charge in [-0.2, -0.15) is 0 Å². The summed E-state index contributed by atoms with van der Waals surface area (Å²) in [6.07, 6.45) is 1.51. The summed E-state index contributed by atoms with van der Waals surface area (Å²) in [4.78, 5) is 33.9. The Balaban J connectivity index is 1.47. The fourth-order valence-corrected chi connectivity index (χ4v) is 3.74. The van der Waals surface area contributed by atoms with Crippen molar-refractivity contribution < 1.29 is 18.7 Å². The van der Waals surface area contributed by atoms with Gasteiger partial charge in [0.15, 0.2) is 5.92 Å². The van der Waals surface area contributed by atoms with Gasteiger partial charge in [-0.3, -0.25) is 19.8 Å². The van der Waals surface area contributed by atoms with E-state index in [1.165, 1.54) is 18.9 Å². The number of aliphatic imine (C=N–C) groups is 1. The lowest BCUT2D eigenvalue weighted by atomic mass is 9.95. The molecule has 1 fully saturated rings. The molecular formula is C21H24N4O4. The van der Waals surface area contributed by atoms with E-state index in [4.69, 9.17) is 9.15 Å². The summed E-state index contributed by atoms with van der Waals surface area (Å²) in [6, 6.07) is 13.1. The fraction of sp³-hybridized carbons (Fsp3) is 0.381. The average Bonchev–Trinajstić information content (AvgIpc) is 3.29. The second kappa shape index (κ2) is 8.48. The molecule has 2 atom stereocenters. The first-order valence-corrected chi connectivity index (χ1v) is 9.67. The Morgan fingerprint density at radius 3 is 2.59 bits per heavy atom. The van der Waals surface area contributed by atoms with Crippen LogP contribution in [0.1, 0.15) is 17.4 Å². The van der Waals surface area contributed by atoms with Gasteiger partial charge in [0, 0.05) is 32.7 Å². The van der Waals surface area contributed by atoms with Gasteiger partial charge in [0.05, 0.1) is 13.4 Å². The van der Waals surface area contributed by atoms with Gasteiger partial charge in [-0.15, -0.1) is 0 Å². The van der Waals surface area contributed by atoms with Crippen molar-refractivity contribution >= 4 is 17.8 Å². The van der Waals surface area contributed by atoms with Crippen molar-refractivity contribution in [2.24, 2.45) is 10.9 Å². The van der Waals surface area contributed by atoms with E-state index in [2.05, 4.69) is 27.3 Å². The third kappa shape index (κ3) is 4.17. The van der Waals surface area contributed by atoms with Crippen molar-refractivity contribution in [1.82, 2.24) is 15.1 Å². The number of esters is 1. The van der Waals surface area contributed by atoms with E-state index in [1.807, 2.05) is 23.1 Å². The Morgan fingerprint density at radius 2 is 1.93 bits per heavy atom. The molecule has 1 amide bonds. The summed E-state index contributed by atoms with van der Waals surface area (Å²) in [5, 5.41) is 2.78. The van der Waals surface area contributed by atoms with E-state index < -0.39 is 23.8 Å². The number of piperazine rings is 1. The zero-order valence-electron chi connectivity index (χ0n) is 16.3. The van der Waals surface area contributed by atoms with Crippen molar-refractivity contribution in [3.8, 4) is 0 Å². The van der Waals surface area contributed by atoms with Crippen LogP contribution in [-0.4, -0.2) is 60.9 Å². The summed E-state index contributed by atoms with van der Waals surface area (Å²) in [6.45, 7) is 4.08. The molecule has 0 unspecified atom stereocenters. The van der Waals surface area contributed by atoms with Crippen molar-refractivity contribution in [3.05, 3.63) is 60.1 Å². The second-order valence-electron chi connectivity index (χ2n) is 7.15. The van der Waals surface area contributed by atoms with E-state index in [1.54, 1.807) is 12.1 Å². The molecule has 8 heteroatoms. The highest BCUT2D eigenvalue weighted by atomic mass is 16.5. The van der Waals surface area contributed by atoms with Crippen LogP contribution < -0.4 is 5.32 Å². The molecule has 0 bridgehead atoms. The minimum absolute atomic E-state index is 0.421. The molecule has 0 aliphatic carbocycles. The second-order valence-corrected chi connectivity index (χ2v) is 7.15. The highest BCUT2D eigenvalue weighted by Crippen LogP contribution is 2.31. The largest absolute Gasteiger partial charge is 0.468 e. The molecular weight excluding hydrogens is 372 g/mol. The summed E-state index contributed by atoms with van der Waals surface area (Å²) in [7, 11) is 1.26. The Morgan fingerprint density at radius 1 is 1.17 bits per heavy atom. The lowest BCUT2D eigenvalue weighted by Gasteiger charge is -2.38. The quantitative estimate of drug-likeness (QED) is 0.621. The standard InChI is InChI=1S/C21H24N4O4/c1-28-20(27)17-18(16-8-5-13-29-16)22-21(23-19(17)26)25-11-9-24(10-12-25)14-15-6-3-2-4-7-15/h2-8,13,17-18H,9-12,14H2,1H3,(H,22,23,26)/t17-,18-/m0/s1. The fourth-order valence-electron chi connectivity index (χ4n) is 3.74. The monoisotopic (exact) mass is 396 g/mol. The lowest BCUT2D eigenvalue weighted by Crippen LogP contribution is -2.57. The van der Waals surface area contributed by atoms with Gasteiger partial charge in [-0.1, -0.05) is 30.3 Å². The predicted molar refractivity (Wildman–Crippen MR) is 106 cm³/mol. The van der Waals surface area contributed by atoms with E-state index in [-0.39, 0.29) is 0 Å². The molecule has 2 aliphatic heterocycles. The number of furan rings is 1. The Kier molecular flexibility index (Phi) is 5.62. The van der Waals surface area contributed by atoms with Gasteiger partial charge < -0.3 is 14.1 Å². The van der Waals surface area contributed by atoms with Crippen LogP contribution in [0.3, 0.4) is 0 Å². The van der Waals surface area contributed by atoms with Crippen LogP contribution in [-0.2, 0) is 20.9 Å². The molecule has 2 aromatic rings. The number of carbonyl (C=O) groups is 2. The molecule has 8 nitrogen and oxygen atoms in total. The number of carbonyl (C=O) groups excluding carboxylic acids is 2. The minimum Gasteiger partial charge on any atom is -0.468 e. The van der Waals surface area contributed by atoms with Gasteiger partial charge in [-0.05, 0) is 17.7 Å². The number of rotatable bonds is 4. The summed E-state index contributed by atoms with van der Waals surface area (Å²) < 4.78 is 10.3. The van der Waals surface area contributed by atoms with Crippen LogP contribution >= 0.6 is 0 Å². The first-order valence-electron chi connectivity index (χ1n) is 9.67. The number of nitrogens with one attached hydrogen (secondary N) is 1. The number of nitrogens with zero attached hydrogens (tertiary/aromatic N) is 3. The van der Waals surface area contributed by atoms with Crippen LogP contribution in [0.25, 0.3) is 0 Å². The van der Waals surface area contributed by atoms with E-state index in [9.17, 15) is 9.59 Å². The van der Waals surface area contributed by atoms with Crippen LogP contribution in [0, 0.1) is 5.92 Å². The maximum atomic E-state index is 12.7. The molecule has 0 saturated carbocycles. The normalized spacial score (nSPS) is 22.7. The molecule has 4 rings (SSSR count). The number of methoxy groups -OCH3 is 1. The maximum absolute atomic E-state index is 12.7. The molecule has 29 heavy (non-hydrogen) atoms. The topological polar surface area (TPSA) is 87.4 Å². The smallest absolute Gasteiger partial charge is 0.320 e. The van der Waals surface area contributed by atoms with Gasteiger partial charge in [0.1, 0.15) is 11.8 Å². The van der Waals surface area contributed by atoms with Crippen LogP contribution in [0.15, 0.2) is 58.1 Å². The van der Waals surface area contributed by atoms with Gasteiger partial charge in [0.2, 0.25) is 11.9 Å². The summed E-state index contributed by atoms with van der Waals surface area (Å²) >= 11 is 0. The molecule has 1 aromatic heterocycles. The number of benzene rings is 1. The predicted octanol–water partition coefficient (Wildman–Crippen LogP) is 1.41. The Hall–Kier alpha value is -3.13. The number of hydrogen-bond acceptors (Lipinski definition) is 7. The zero-order valence-corrected chi connectivity index (χ0v) is 16.3. The molecule has 3 heterocycles. The maximum Gasteiger partial charge on any atom is 0.320 e. The molecule has 1 aromatic carbocycles. The van der Waals surface area contributed by atoms with Gasteiger partial charge in [-0.25, -0.2) is 4.99 Å². The number of hydrogen-bond donors (Lipinski definition) is 1. The Bertz CT molecular complexity index is 873. The third-order valence-corrected chi connectivity index (χ3v) is 5.31. The lowest BCUT2D eigenvalue weighted by molar-refractivity contribution is -0.151. The van der Waals surface area contributed by atoms with Gasteiger partial charge in [0.25, 0.3) is 0 Å². The summed E-state index contributed by atoms with van der Waals surface area (Å²) in [5.41, 5.74) is 1.28. The third-order valence-electron chi connectivity index (χ3n) is 5.31. The summed E-state index contributed by atoms with van der Waals surface area (Å²) in [5.74, 6) is -1.16. The van der Waals surface area contributed by atoms with Crippen LogP contribution in [0.2, 0.25) is 0 Å². The Labute approximate surface area is 169 Å². The van der Waals surface area contributed by atoms with E-state index >= 15 is 0 Å². The molecule has 152 valence electrons. The molecule has 1 saturated heterocycles. The van der Waals surface area contributed by atoms with Crippen LogP contribution in [0.5, 0.6) is 0 Å². The minimum atomic E-state index is -1.06.